The molecule has 2 aliphatic heterocycles. The van der Waals surface area contributed by atoms with E-state index in [2.05, 4.69) is 26.0 Å². The molecule has 1 unspecified atom stereocenters. The summed E-state index contributed by atoms with van der Waals surface area (Å²) >= 11 is 3.34. The van der Waals surface area contributed by atoms with Gasteiger partial charge in [0.15, 0.2) is 0 Å². The lowest BCUT2D eigenvalue weighted by Gasteiger charge is -2.38. The molecule has 0 bridgehead atoms. The zero-order valence-electron chi connectivity index (χ0n) is 21.8. The zero-order chi connectivity index (χ0) is 28.3. The van der Waals surface area contributed by atoms with Crippen LogP contribution in [0.3, 0.4) is 0 Å². The van der Waals surface area contributed by atoms with E-state index in [1.165, 1.54) is 30.6 Å². The molecule has 2 atom stereocenters. The largest absolute Gasteiger partial charge is 0.495 e. The van der Waals surface area contributed by atoms with E-state index in [0.717, 1.165) is 0 Å². The van der Waals surface area contributed by atoms with Gasteiger partial charge >= 0.3 is 0 Å². The molecule has 2 aromatic carbocycles. The second-order valence-corrected chi connectivity index (χ2v) is 14.4. The lowest BCUT2D eigenvalue weighted by atomic mass is 9.88. The van der Waals surface area contributed by atoms with E-state index in [0.29, 0.717) is 54.9 Å². The van der Waals surface area contributed by atoms with Crippen molar-refractivity contribution in [1.82, 2.24) is 14.3 Å². The Hall–Kier alpha value is -1.78. The Bertz CT molecular complexity index is 1370. The molecule has 0 aliphatic carbocycles. The first-order chi connectivity index (χ1) is 18.5. The minimum absolute atomic E-state index is 0.0112. The van der Waals surface area contributed by atoms with Crippen LogP contribution in [0.2, 0.25) is 0 Å². The van der Waals surface area contributed by atoms with E-state index in [-0.39, 0.29) is 29.0 Å². The number of nitrogens with one attached hydrogen (secondary N) is 2. The molecule has 0 saturated carbocycles. The third-order valence-corrected chi connectivity index (χ3v) is 10.9. The van der Waals surface area contributed by atoms with E-state index in [1.807, 2.05) is 0 Å². The van der Waals surface area contributed by atoms with Gasteiger partial charge in [-0.2, -0.15) is 4.31 Å². The zero-order valence-corrected chi connectivity index (χ0v) is 25.0. The van der Waals surface area contributed by atoms with Crippen LogP contribution in [0.1, 0.15) is 19.3 Å². The molecule has 14 heteroatoms. The molecule has 2 saturated heterocycles. The van der Waals surface area contributed by atoms with E-state index < -0.39 is 31.8 Å². The van der Waals surface area contributed by atoms with Crippen molar-refractivity contribution in [3.63, 3.8) is 0 Å². The number of aliphatic hydroxyl groups is 1. The van der Waals surface area contributed by atoms with Crippen molar-refractivity contribution in [1.29, 1.82) is 0 Å². The number of aliphatic hydroxyl groups excluding tert-OH is 1. The highest BCUT2D eigenvalue weighted by atomic mass is 79.9. The van der Waals surface area contributed by atoms with E-state index in [9.17, 15) is 21.9 Å². The summed E-state index contributed by atoms with van der Waals surface area (Å²) in [6, 6.07) is 11.0. The molecule has 3 N–H and O–H groups in total. The Morgan fingerprint density at radius 1 is 1.18 bits per heavy atom. The Morgan fingerprint density at radius 3 is 2.62 bits per heavy atom. The van der Waals surface area contributed by atoms with Gasteiger partial charge in [0.2, 0.25) is 20.0 Å². The normalized spacial score (nSPS) is 20.7. The van der Waals surface area contributed by atoms with E-state index in [1.54, 1.807) is 30.3 Å². The SMILES string of the molecule is CNS(=O)(=O)c1cccc(OC[C@@H](O)CNC2COC3(CCN(S(=O)(=O)c4cc(Br)ccc4OC)CC3)C2)c1. The number of methoxy groups -OCH3 is 1. The predicted molar refractivity (Wildman–Crippen MR) is 148 cm³/mol. The molecule has 0 amide bonds. The van der Waals surface area contributed by atoms with Gasteiger partial charge < -0.3 is 24.6 Å². The Labute approximate surface area is 238 Å². The number of benzene rings is 2. The molecular formula is C25H34BrN3O8S2. The third-order valence-electron chi connectivity index (χ3n) is 7.06. The molecule has 0 aromatic heterocycles. The number of sulfonamides is 2. The summed E-state index contributed by atoms with van der Waals surface area (Å²) < 4.78 is 72.0. The monoisotopic (exact) mass is 647 g/mol. The fourth-order valence-electron chi connectivity index (χ4n) is 4.85. The fourth-order valence-corrected chi connectivity index (χ4v) is 7.75. The molecule has 2 aromatic rings. The Kier molecular flexibility index (Phi) is 9.59. The first-order valence-electron chi connectivity index (χ1n) is 12.5. The van der Waals surface area contributed by atoms with Crippen molar-refractivity contribution in [2.24, 2.45) is 0 Å². The number of hydrogen-bond acceptors (Lipinski definition) is 9. The number of nitrogens with zero attached hydrogens (tertiary/aromatic N) is 1. The summed E-state index contributed by atoms with van der Waals surface area (Å²) in [6.45, 7) is 1.39. The van der Waals surface area contributed by atoms with Gasteiger partial charge in [-0.25, -0.2) is 21.6 Å². The second kappa shape index (κ2) is 12.4. The Morgan fingerprint density at radius 2 is 1.92 bits per heavy atom. The maximum atomic E-state index is 13.3. The quantitative estimate of drug-likeness (QED) is 0.332. The minimum atomic E-state index is -3.73. The summed E-state index contributed by atoms with van der Waals surface area (Å²) in [4.78, 5) is 0.215. The Balaban J connectivity index is 1.25. The second-order valence-electron chi connectivity index (χ2n) is 9.65. The molecule has 2 aliphatic rings. The number of halogens is 1. The number of piperidine rings is 1. The number of rotatable bonds is 11. The van der Waals surface area contributed by atoms with Crippen LogP contribution >= 0.6 is 15.9 Å². The highest BCUT2D eigenvalue weighted by molar-refractivity contribution is 9.10. The van der Waals surface area contributed by atoms with Gasteiger partial charge in [-0.1, -0.05) is 22.0 Å². The van der Waals surface area contributed by atoms with Gasteiger partial charge in [-0.3, -0.25) is 0 Å². The number of ether oxygens (including phenoxy) is 3. The molecule has 1 spiro atoms. The van der Waals surface area contributed by atoms with Crippen LogP contribution in [0.4, 0.5) is 0 Å². The smallest absolute Gasteiger partial charge is 0.246 e. The minimum Gasteiger partial charge on any atom is -0.495 e. The maximum absolute atomic E-state index is 13.3. The van der Waals surface area contributed by atoms with Crippen LogP contribution in [0.15, 0.2) is 56.7 Å². The fraction of sp³-hybridized carbons (Fsp3) is 0.520. The van der Waals surface area contributed by atoms with Crippen LogP contribution in [0.25, 0.3) is 0 Å². The standard InChI is InChI=1S/C25H34BrN3O8S2/c1-27-38(31,32)22-5-3-4-21(13-22)36-17-20(30)15-28-19-14-25(37-16-19)8-10-29(11-9-25)39(33,34)24-12-18(26)6-7-23(24)35-2/h3-7,12-13,19-20,27-28,30H,8-11,14-17H2,1-2H3/t19?,20-/m0/s1. The first-order valence-corrected chi connectivity index (χ1v) is 16.3. The van der Waals surface area contributed by atoms with Crippen molar-refractivity contribution in [3.8, 4) is 11.5 Å². The lowest BCUT2D eigenvalue weighted by molar-refractivity contribution is -0.0312. The van der Waals surface area contributed by atoms with Crippen LogP contribution in [-0.4, -0.2) is 91.0 Å². The highest BCUT2D eigenvalue weighted by Gasteiger charge is 2.45. The molecule has 4 rings (SSSR count). The molecule has 2 fully saturated rings. The van der Waals surface area contributed by atoms with Crippen LogP contribution in [0.5, 0.6) is 11.5 Å². The van der Waals surface area contributed by atoms with E-state index in [4.69, 9.17) is 14.2 Å². The van der Waals surface area contributed by atoms with Crippen molar-refractivity contribution in [3.05, 3.63) is 46.9 Å². The van der Waals surface area contributed by atoms with Crippen molar-refractivity contribution < 1.29 is 36.2 Å². The molecule has 0 radical (unpaired) electrons. The van der Waals surface area contributed by atoms with Crippen LogP contribution < -0.4 is 19.5 Å². The average Bonchev–Trinajstić information content (AvgIpc) is 3.33. The first kappa shape index (κ1) is 30.2. The highest BCUT2D eigenvalue weighted by Crippen LogP contribution is 2.38. The molecule has 11 nitrogen and oxygen atoms in total. The molecule has 216 valence electrons. The summed E-state index contributed by atoms with van der Waals surface area (Å²) in [5.41, 5.74) is -0.411. The summed E-state index contributed by atoms with van der Waals surface area (Å²) in [5, 5.41) is 13.7. The van der Waals surface area contributed by atoms with E-state index >= 15 is 0 Å². The number of hydrogen-bond donors (Lipinski definition) is 3. The topological polar surface area (TPSA) is 144 Å². The van der Waals surface area contributed by atoms with Gasteiger partial charge in [0, 0.05) is 36.2 Å². The molecule has 2 heterocycles. The van der Waals surface area contributed by atoms with Crippen LogP contribution in [0, 0.1) is 0 Å². The van der Waals surface area contributed by atoms with Gasteiger partial charge in [0.05, 0.1) is 24.2 Å². The van der Waals surface area contributed by atoms with Gasteiger partial charge in [-0.15, -0.1) is 0 Å². The van der Waals surface area contributed by atoms with Gasteiger partial charge in [0.1, 0.15) is 29.1 Å². The lowest BCUT2D eigenvalue weighted by Crippen LogP contribution is -2.47. The summed E-state index contributed by atoms with van der Waals surface area (Å²) in [5.74, 6) is 0.647. The average molecular weight is 649 g/mol. The summed E-state index contributed by atoms with van der Waals surface area (Å²) in [6.07, 6.45) is 1.02. The van der Waals surface area contributed by atoms with Gasteiger partial charge in [0.25, 0.3) is 0 Å². The van der Waals surface area contributed by atoms with Gasteiger partial charge in [-0.05, 0) is 56.6 Å². The molecule has 39 heavy (non-hydrogen) atoms. The van der Waals surface area contributed by atoms with Crippen molar-refractivity contribution in [2.75, 3.05) is 47.0 Å². The third kappa shape index (κ3) is 7.11. The predicted octanol–water partition coefficient (Wildman–Crippen LogP) is 1.71. The summed E-state index contributed by atoms with van der Waals surface area (Å²) in [7, 11) is -4.53. The maximum Gasteiger partial charge on any atom is 0.246 e. The van der Waals surface area contributed by atoms with Crippen molar-refractivity contribution >= 4 is 36.0 Å². The van der Waals surface area contributed by atoms with Crippen LogP contribution in [-0.2, 0) is 24.8 Å². The van der Waals surface area contributed by atoms with Crippen molar-refractivity contribution in [2.45, 2.75) is 46.8 Å². The molecular weight excluding hydrogens is 614 g/mol.